The summed E-state index contributed by atoms with van der Waals surface area (Å²) in [5, 5.41) is 2.77. The van der Waals surface area contributed by atoms with Gasteiger partial charge in [0.25, 0.3) is 0 Å². The van der Waals surface area contributed by atoms with E-state index in [1.54, 1.807) is 7.11 Å². The van der Waals surface area contributed by atoms with Gasteiger partial charge in [0.05, 0.1) is 0 Å². The van der Waals surface area contributed by atoms with Gasteiger partial charge >= 0.3 is 0 Å². The average molecular weight is 185 g/mol. The van der Waals surface area contributed by atoms with Gasteiger partial charge in [0, 0.05) is 20.3 Å². The summed E-state index contributed by atoms with van der Waals surface area (Å²) in [5.41, 5.74) is 0.0781. The Bertz CT molecular complexity index is 176. The zero-order chi connectivity index (χ0) is 10.3. The number of hydrogen-bond acceptors (Lipinski definition) is 2. The Morgan fingerprint density at radius 1 is 1.62 bits per heavy atom. The van der Waals surface area contributed by atoms with E-state index in [0.29, 0.717) is 6.54 Å². The van der Waals surface area contributed by atoms with Crippen molar-refractivity contribution >= 4 is 5.91 Å². The van der Waals surface area contributed by atoms with Crippen LogP contribution in [0.1, 0.15) is 20.3 Å². The van der Waals surface area contributed by atoms with Crippen LogP contribution in [0.15, 0.2) is 12.7 Å². The second kappa shape index (κ2) is 5.75. The van der Waals surface area contributed by atoms with Gasteiger partial charge in [-0.15, -0.1) is 0 Å². The molecule has 0 rings (SSSR count). The molecule has 76 valence electrons. The average Bonchev–Trinajstić information content (AvgIpc) is 2.11. The van der Waals surface area contributed by atoms with Crippen molar-refractivity contribution in [2.24, 2.45) is 5.41 Å². The van der Waals surface area contributed by atoms with E-state index in [4.69, 9.17) is 4.74 Å². The predicted octanol–water partition coefficient (Wildman–Crippen LogP) is 1.35. The van der Waals surface area contributed by atoms with E-state index in [1.807, 2.05) is 0 Å². The molecule has 3 nitrogen and oxygen atoms in total. The summed E-state index contributed by atoms with van der Waals surface area (Å²) < 4.78 is 4.98. The largest absolute Gasteiger partial charge is 0.385 e. The number of methoxy groups -OCH3 is 1. The lowest BCUT2D eigenvalue weighted by Crippen LogP contribution is -2.33. The Morgan fingerprint density at radius 2 is 2.23 bits per heavy atom. The molecule has 13 heavy (non-hydrogen) atoms. The molecule has 0 aromatic heterocycles. The van der Waals surface area contributed by atoms with Crippen molar-refractivity contribution in [1.29, 1.82) is 0 Å². The quantitative estimate of drug-likeness (QED) is 0.634. The van der Waals surface area contributed by atoms with Gasteiger partial charge in [-0.1, -0.05) is 20.4 Å². The highest BCUT2D eigenvalue weighted by Crippen LogP contribution is 2.18. The molecule has 0 atom stereocenters. The Hall–Kier alpha value is -0.830. The molecule has 0 aliphatic heterocycles. The van der Waals surface area contributed by atoms with E-state index >= 15 is 0 Å². The second-order valence-electron chi connectivity index (χ2n) is 3.83. The molecule has 0 aliphatic rings. The van der Waals surface area contributed by atoms with Gasteiger partial charge in [0.2, 0.25) is 5.91 Å². The number of carbonyl (C=O) groups is 1. The van der Waals surface area contributed by atoms with E-state index in [0.717, 1.165) is 13.0 Å². The Morgan fingerprint density at radius 3 is 2.69 bits per heavy atom. The SMILES string of the molecule is C=CC(=O)NCC(C)(C)CCOC. The molecule has 0 heterocycles. The van der Waals surface area contributed by atoms with E-state index in [1.165, 1.54) is 6.08 Å². The fourth-order valence-corrected chi connectivity index (χ4v) is 0.865. The van der Waals surface area contributed by atoms with Crippen molar-refractivity contribution in [3.63, 3.8) is 0 Å². The minimum Gasteiger partial charge on any atom is -0.385 e. The van der Waals surface area contributed by atoms with Gasteiger partial charge < -0.3 is 10.1 Å². The summed E-state index contributed by atoms with van der Waals surface area (Å²) in [6.45, 7) is 8.95. The fraction of sp³-hybridized carbons (Fsp3) is 0.700. The maximum atomic E-state index is 10.9. The lowest BCUT2D eigenvalue weighted by Gasteiger charge is -2.24. The molecule has 1 N–H and O–H groups in total. The summed E-state index contributed by atoms with van der Waals surface area (Å²) in [4.78, 5) is 10.9. The Balaban J connectivity index is 3.74. The fourth-order valence-electron chi connectivity index (χ4n) is 0.865. The molecule has 1 amide bonds. The van der Waals surface area contributed by atoms with E-state index in [9.17, 15) is 4.79 Å². The molecule has 0 aromatic rings. The third kappa shape index (κ3) is 6.34. The first-order valence-corrected chi connectivity index (χ1v) is 4.41. The van der Waals surface area contributed by atoms with Crippen LogP contribution in [-0.4, -0.2) is 26.2 Å². The molecular weight excluding hydrogens is 166 g/mol. The number of carbonyl (C=O) groups excluding carboxylic acids is 1. The monoisotopic (exact) mass is 185 g/mol. The number of hydrogen-bond donors (Lipinski definition) is 1. The number of rotatable bonds is 6. The van der Waals surface area contributed by atoms with Crippen LogP contribution >= 0.6 is 0 Å². The summed E-state index contributed by atoms with van der Waals surface area (Å²) in [5.74, 6) is -0.120. The first kappa shape index (κ1) is 12.2. The van der Waals surface area contributed by atoms with Crippen molar-refractivity contribution in [2.75, 3.05) is 20.3 Å². The van der Waals surface area contributed by atoms with Crippen LogP contribution in [0.3, 0.4) is 0 Å². The summed E-state index contributed by atoms with van der Waals surface area (Å²) in [7, 11) is 1.68. The summed E-state index contributed by atoms with van der Waals surface area (Å²) >= 11 is 0. The lowest BCUT2D eigenvalue weighted by atomic mass is 9.90. The lowest BCUT2D eigenvalue weighted by molar-refractivity contribution is -0.116. The summed E-state index contributed by atoms with van der Waals surface area (Å²) in [6, 6.07) is 0. The first-order chi connectivity index (χ1) is 6.02. The highest BCUT2D eigenvalue weighted by molar-refractivity contribution is 5.86. The topological polar surface area (TPSA) is 38.3 Å². The van der Waals surface area contributed by atoms with Crippen molar-refractivity contribution in [3.05, 3.63) is 12.7 Å². The van der Waals surface area contributed by atoms with Crippen LogP contribution < -0.4 is 5.32 Å². The molecule has 0 unspecified atom stereocenters. The molecule has 0 fully saturated rings. The molecular formula is C10H19NO2. The van der Waals surface area contributed by atoms with Crippen molar-refractivity contribution in [2.45, 2.75) is 20.3 Å². The number of ether oxygens (including phenoxy) is 1. The maximum Gasteiger partial charge on any atom is 0.243 e. The first-order valence-electron chi connectivity index (χ1n) is 4.41. The molecule has 3 heteroatoms. The van der Waals surface area contributed by atoms with Crippen LogP contribution in [0.25, 0.3) is 0 Å². The smallest absolute Gasteiger partial charge is 0.243 e. The van der Waals surface area contributed by atoms with Crippen LogP contribution in [-0.2, 0) is 9.53 Å². The minimum absolute atomic E-state index is 0.0781. The van der Waals surface area contributed by atoms with Gasteiger partial charge in [0.15, 0.2) is 0 Å². The molecule has 0 aliphatic carbocycles. The maximum absolute atomic E-state index is 10.9. The van der Waals surface area contributed by atoms with Crippen molar-refractivity contribution in [1.82, 2.24) is 5.32 Å². The van der Waals surface area contributed by atoms with Gasteiger partial charge in [-0.05, 0) is 17.9 Å². The number of amides is 1. The zero-order valence-corrected chi connectivity index (χ0v) is 8.72. The molecule has 0 saturated carbocycles. The Labute approximate surface area is 80.2 Å². The van der Waals surface area contributed by atoms with Crippen LogP contribution in [0.2, 0.25) is 0 Å². The molecule has 0 bridgehead atoms. The minimum atomic E-state index is -0.120. The second-order valence-corrected chi connectivity index (χ2v) is 3.83. The third-order valence-electron chi connectivity index (χ3n) is 1.91. The van der Waals surface area contributed by atoms with Crippen LogP contribution in [0.5, 0.6) is 0 Å². The number of nitrogens with one attached hydrogen (secondary N) is 1. The Kier molecular flexibility index (Phi) is 5.39. The van der Waals surface area contributed by atoms with E-state index in [-0.39, 0.29) is 11.3 Å². The summed E-state index contributed by atoms with van der Waals surface area (Å²) in [6.07, 6.45) is 2.22. The normalized spacial score (nSPS) is 11.0. The zero-order valence-electron chi connectivity index (χ0n) is 8.72. The third-order valence-corrected chi connectivity index (χ3v) is 1.91. The van der Waals surface area contributed by atoms with Gasteiger partial charge in [0.1, 0.15) is 0 Å². The van der Waals surface area contributed by atoms with Crippen LogP contribution in [0.4, 0.5) is 0 Å². The molecule has 0 spiro atoms. The van der Waals surface area contributed by atoms with Gasteiger partial charge in [-0.2, -0.15) is 0 Å². The van der Waals surface area contributed by atoms with Crippen LogP contribution in [0, 0.1) is 5.41 Å². The van der Waals surface area contributed by atoms with Crippen molar-refractivity contribution < 1.29 is 9.53 Å². The van der Waals surface area contributed by atoms with E-state index in [2.05, 4.69) is 25.7 Å². The standard InChI is InChI=1S/C10H19NO2/c1-5-9(12)11-8-10(2,3)6-7-13-4/h5H,1,6-8H2,2-4H3,(H,11,12). The predicted molar refractivity (Wildman–Crippen MR) is 53.5 cm³/mol. The van der Waals surface area contributed by atoms with Gasteiger partial charge in [-0.3, -0.25) is 4.79 Å². The van der Waals surface area contributed by atoms with Crippen molar-refractivity contribution in [3.8, 4) is 0 Å². The van der Waals surface area contributed by atoms with Gasteiger partial charge in [-0.25, -0.2) is 0 Å². The molecule has 0 saturated heterocycles. The highest BCUT2D eigenvalue weighted by atomic mass is 16.5. The molecule has 0 aromatic carbocycles. The highest BCUT2D eigenvalue weighted by Gasteiger charge is 2.17. The molecule has 0 radical (unpaired) electrons. The van der Waals surface area contributed by atoms with E-state index < -0.39 is 0 Å².